The van der Waals surface area contributed by atoms with Crippen molar-refractivity contribution in [2.75, 3.05) is 5.73 Å². The lowest BCUT2D eigenvalue weighted by Crippen LogP contribution is -2.01. The van der Waals surface area contributed by atoms with Gasteiger partial charge in [0.15, 0.2) is 11.6 Å². The highest BCUT2D eigenvalue weighted by Gasteiger charge is 2.19. The van der Waals surface area contributed by atoms with Crippen molar-refractivity contribution < 1.29 is 22.5 Å². The first kappa shape index (κ1) is 13.2. The number of nitrogens with zero attached hydrogens (tertiary/aromatic N) is 1. The fraction of sp³-hybridized carbons (Fsp3) is 0.0714. The summed E-state index contributed by atoms with van der Waals surface area (Å²) in [4.78, 5) is 0. The second-order valence-electron chi connectivity index (χ2n) is 4.15. The number of ether oxygens (including phenoxy) is 1. The van der Waals surface area contributed by atoms with E-state index in [2.05, 4.69) is 9.89 Å². The summed E-state index contributed by atoms with van der Waals surface area (Å²) in [5.74, 6) is 1.09. The van der Waals surface area contributed by atoms with Crippen LogP contribution in [-0.4, -0.2) is 11.8 Å². The minimum atomic E-state index is -2.87. The first-order valence-corrected chi connectivity index (χ1v) is 5.99. The zero-order valence-electron chi connectivity index (χ0n) is 10.6. The molecular formula is C14H10F2N2O3. The van der Waals surface area contributed by atoms with Gasteiger partial charge in [-0.25, -0.2) is 0 Å². The molecule has 5 nitrogen and oxygen atoms in total. The maximum Gasteiger partial charge on any atom is 0.387 e. The van der Waals surface area contributed by atoms with E-state index in [1.807, 2.05) is 0 Å². The predicted molar refractivity (Wildman–Crippen MR) is 70.7 cm³/mol. The number of alkyl halides is 2. The van der Waals surface area contributed by atoms with Gasteiger partial charge in [0.05, 0.1) is 11.8 Å². The summed E-state index contributed by atoms with van der Waals surface area (Å²) in [7, 11) is 0. The van der Waals surface area contributed by atoms with E-state index in [4.69, 9.17) is 14.7 Å². The van der Waals surface area contributed by atoms with Crippen LogP contribution in [0.5, 0.6) is 5.75 Å². The summed E-state index contributed by atoms with van der Waals surface area (Å²) < 4.78 is 39.0. The van der Waals surface area contributed by atoms with Gasteiger partial charge in [-0.1, -0.05) is 17.3 Å². The van der Waals surface area contributed by atoms with Gasteiger partial charge in [0, 0.05) is 0 Å². The number of rotatable bonds is 4. The van der Waals surface area contributed by atoms with E-state index in [0.29, 0.717) is 22.6 Å². The van der Waals surface area contributed by atoms with Gasteiger partial charge in [-0.15, -0.1) is 0 Å². The van der Waals surface area contributed by atoms with Crippen molar-refractivity contribution in [1.82, 2.24) is 5.16 Å². The van der Waals surface area contributed by atoms with Crippen LogP contribution >= 0.6 is 0 Å². The van der Waals surface area contributed by atoms with Crippen LogP contribution in [-0.2, 0) is 0 Å². The monoisotopic (exact) mass is 292 g/mol. The number of nitrogen functional groups attached to an aromatic ring is 1. The van der Waals surface area contributed by atoms with Gasteiger partial charge < -0.3 is 19.4 Å². The second-order valence-corrected chi connectivity index (χ2v) is 4.15. The molecule has 0 fully saturated rings. The first-order chi connectivity index (χ1) is 10.1. The molecule has 108 valence electrons. The van der Waals surface area contributed by atoms with Gasteiger partial charge in [0.2, 0.25) is 5.76 Å². The molecule has 2 aromatic heterocycles. The number of furan rings is 1. The Bertz CT molecular complexity index is 721. The average Bonchev–Trinajstić information content (AvgIpc) is 3.08. The van der Waals surface area contributed by atoms with Gasteiger partial charge in [-0.05, 0) is 29.8 Å². The molecule has 3 rings (SSSR count). The molecule has 0 amide bonds. The standard InChI is InChI=1S/C14H10F2N2O3/c15-14(16)20-9-5-3-8(4-6-9)11-12(21-18-13(11)17)10-2-1-7-19-10/h1-7,14H,(H2,17,18). The Kier molecular flexibility index (Phi) is 3.31. The maximum atomic E-state index is 12.1. The average molecular weight is 292 g/mol. The molecular weight excluding hydrogens is 282 g/mol. The molecule has 0 unspecified atom stereocenters. The summed E-state index contributed by atoms with van der Waals surface area (Å²) in [6.45, 7) is -2.87. The number of nitrogens with two attached hydrogens (primary N) is 1. The molecule has 0 aliphatic rings. The van der Waals surface area contributed by atoms with Crippen LogP contribution in [0.2, 0.25) is 0 Å². The highest BCUT2D eigenvalue weighted by molar-refractivity contribution is 5.85. The maximum absolute atomic E-state index is 12.1. The van der Waals surface area contributed by atoms with Crippen LogP contribution in [0, 0.1) is 0 Å². The van der Waals surface area contributed by atoms with E-state index < -0.39 is 6.61 Å². The zero-order valence-corrected chi connectivity index (χ0v) is 10.6. The summed E-state index contributed by atoms with van der Waals surface area (Å²) >= 11 is 0. The van der Waals surface area contributed by atoms with Crippen molar-refractivity contribution in [3.8, 4) is 28.4 Å². The number of anilines is 1. The summed E-state index contributed by atoms with van der Waals surface area (Å²) in [5.41, 5.74) is 6.99. The third-order valence-corrected chi connectivity index (χ3v) is 2.83. The van der Waals surface area contributed by atoms with Crippen molar-refractivity contribution in [2.24, 2.45) is 0 Å². The van der Waals surface area contributed by atoms with E-state index >= 15 is 0 Å². The molecule has 2 N–H and O–H groups in total. The molecule has 1 aromatic carbocycles. The normalized spacial score (nSPS) is 11.0. The Balaban J connectivity index is 1.99. The topological polar surface area (TPSA) is 74.4 Å². The fourth-order valence-corrected chi connectivity index (χ4v) is 1.96. The van der Waals surface area contributed by atoms with E-state index in [-0.39, 0.29) is 11.6 Å². The van der Waals surface area contributed by atoms with E-state index in [9.17, 15) is 8.78 Å². The van der Waals surface area contributed by atoms with Crippen LogP contribution in [0.4, 0.5) is 14.6 Å². The Morgan fingerprint density at radius 1 is 1.14 bits per heavy atom. The Labute approximate surface area is 117 Å². The van der Waals surface area contributed by atoms with Crippen molar-refractivity contribution in [3.05, 3.63) is 42.7 Å². The lowest BCUT2D eigenvalue weighted by Gasteiger charge is -2.05. The number of aromatic nitrogens is 1. The lowest BCUT2D eigenvalue weighted by atomic mass is 10.0. The largest absolute Gasteiger partial charge is 0.461 e. The van der Waals surface area contributed by atoms with E-state index in [1.165, 1.54) is 18.4 Å². The van der Waals surface area contributed by atoms with Crippen LogP contribution in [0.15, 0.2) is 51.6 Å². The summed E-state index contributed by atoms with van der Waals surface area (Å²) in [6.07, 6.45) is 1.50. The van der Waals surface area contributed by atoms with Crippen molar-refractivity contribution in [2.45, 2.75) is 6.61 Å². The lowest BCUT2D eigenvalue weighted by molar-refractivity contribution is -0.0498. The fourth-order valence-electron chi connectivity index (χ4n) is 1.96. The van der Waals surface area contributed by atoms with Crippen molar-refractivity contribution >= 4 is 5.82 Å². The van der Waals surface area contributed by atoms with Gasteiger partial charge in [-0.2, -0.15) is 8.78 Å². The number of benzene rings is 1. The molecule has 0 aliphatic heterocycles. The minimum absolute atomic E-state index is 0.0586. The van der Waals surface area contributed by atoms with Crippen molar-refractivity contribution in [3.63, 3.8) is 0 Å². The molecule has 0 saturated carbocycles. The van der Waals surface area contributed by atoms with Gasteiger partial charge in [0.1, 0.15) is 5.75 Å². The SMILES string of the molecule is Nc1noc(-c2ccco2)c1-c1ccc(OC(F)F)cc1. The highest BCUT2D eigenvalue weighted by atomic mass is 19.3. The quantitative estimate of drug-likeness (QED) is 0.792. The van der Waals surface area contributed by atoms with Crippen molar-refractivity contribution in [1.29, 1.82) is 0 Å². The third kappa shape index (κ3) is 2.58. The minimum Gasteiger partial charge on any atom is -0.461 e. The molecule has 0 bridgehead atoms. The number of hydrogen-bond donors (Lipinski definition) is 1. The van der Waals surface area contributed by atoms with Gasteiger partial charge in [0.25, 0.3) is 0 Å². The number of halogens is 2. The van der Waals surface area contributed by atoms with Gasteiger partial charge >= 0.3 is 6.61 Å². The molecule has 0 spiro atoms. The smallest absolute Gasteiger partial charge is 0.387 e. The van der Waals surface area contributed by atoms with E-state index in [0.717, 1.165) is 0 Å². The Hall–Kier alpha value is -2.83. The molecule has 2 heterocycles. The number of hydrogen-bond acceptors (Lipinski definition) is 5. The Morgan fingerprint density at radius 3 is 2.52 bits per heavy atom. The molecule has 21 heavy (non-hydrogen) atoms. The molecule has 3 aromatic rings. The molecule has 0 radical (unpaired) electrons. The molecule has 7 heteroatoms. The first-order valence-electron chi connectivity index (χ1n) is 5.99. The summed E-state index contributed by atoms with van der Waals surface area (Å²) in [6, 6.07) is 9.43. The molecule has 0 aliphatic carbocycles. The van der Waals surface area contributed by atoms with Crippen LogP contribution in [0.1, 0.15) is 0 Å². The van der Waals surface area contributed by atoms with Gasteiger partial charge in [-0.3, -0.25) is 0 Å². The Morgan fingerprint density at radius 2 is 1.90 bits per heavy atom. The zero-order chi connectivity index (χ0) is 14.8. The van der Waals surface area contributed by atoms with Crippen LogP contribution in [0.3, 0.4) is 0 Å². The van der Waals surface area contributed by atoms with E-state index in [1.54, 1.807) is 24.3 Å². The van der Waals surface area contributed by atoms with Crippen LogP contribution in [0.25, 0.3) is 22.6 Å². The molecule has 0 atom stereocenters. The molecule has 0 saturated heterocycles. The third-order valence-electron chi connectivity index (χ3n) is 2.83. The van der Waals surface area contributed by atoms with Crippen LogP contribution < -0.4 is 10.5 Å². The predicted octanol–water partition coefficient (Wildman–Crippen LogP) is 3.79. The summed E-state index contributed by atoms with van der Waals surface area (Å²) in [5, 5.41) is 3.71. The highest BCUT2D eigenvalue weighted by Crippen LogP contribution is 2.37. The second kappa shape index (κ2) is 5.28.